The van der Waals surface area contributed by atoms with E-state index in [1.807, 2.05) is 0 Å². The molecule has 0 saturated carbocycles. The van der Waals surface area contributed by atoms with Crippen LogP contribution in [0.15, 0.2) is 0 Å². The minimum atomic E-state index is -3.06. The van der Waals surface area contributed by atoms with E-state index < -0.39 is 10.0 Å². The summed E-state index contributed by atoms with van der Waals surface area (Å²) in [6.07, 6.45) is 1.95. The molecule has 0 spiro atoms. The van der Waals surface area contributed by atoms with Gasteiger partial charge in [0.05, 0.1) is 13.2 Å². The minimum absolute atomic E-state index is 0.0358. The van der Waals surface area contributed by atoms with Crippen molar-refractivity contribution in [2.24, 2.45) is 5.92 Å². The molecule has 0 aliphatic carbocycles. The van der Waals surface area contributed by atoms with Crippen molar-refractivity contribution in [3.63, 3.8) is 0 Å². The van der Waals surface area contributed by atoms with Gasteiger partial charge in [0, 0.05) is 32.7 Å². The fourth-order valence-corrected chi connectivity index (χ4v) is 4.36. The van der Waals surface area contributed by atoms with E-state index in [2.05, 4.69) is 20.8 Å². The molecule has 2 aliphatic rings. The van der Waals surface area contributed by atoms with Crippen LogP contribution in [0.2, 0.25) is 0 Å². The summed E-state index contributed by atoms with van der Waals surface area (Å²) in [7, 11) is -3.06. The summed E-state index contributed by atoms with van der Waals surface area (Å²) in [5, 5.41) is 0. The third kappa shape index (κ3) is 3.90. The van der Waals surface area contributed by atoms with Crippen LogP contribution in [0.3, 0.4) is 0 Å². The Bertz CT molecular complexity index is 349. The van der Waals surface area contributed by atoms with E-state index in [9.17, 15) is 8.42 Å². The van der Waals surface area contributed by atoms with Crippen LogP contribution in [0.5, 0.6) is 0 Å². The largest absolute Gasteiger partial charge is 0.379 e. The van der Waals surface area contributed by atoms with Crippen molar-refractivity contribution in [3.05, 3.63) is 0 Å². The lowest BCUT2D eigenvalue weighted by atomic mass is 9.97. The number of rotatable bonds is 4. The maximum Gasteiger partial charge on any atom is 0.224 e. The number of morpholine rings is 1. The number of ether oxygens (including phenoxy) is 1. The van der Waals surface area contributed by atoms with E-state index in [-0.39, 0.29) is 4.66 Å². The number of halogens is 1. The van der Waals surface area contributed by atoms with E-state index in [4.69, 9.17) is 4.74 Å². The van der Waals surface area contributed by atoms with Crippen molar-refractivity contribution in [2.45, 2.75) is 12.8 Å². The van der Waals surface area contributed by atoms with Crippen LogP contribution in [0, 0.1) is 5.92 Å². The summed E-state index contributed by atoms with van der Waals surface area (Å²) in [6.45, 7) is 6.12. The predicted octanol–water partition coefficient (Wildman–Crippen LogP) is 0.713. The molecule has 0 aromatic carbocycles. The van der Waals surface area contributed by atoms with Crippen molar-refractivity contribution in [1.29, 1.82) is 0 Å². The highest BCUT2D eigenvalue weighted by Gasteiger charge is 2.28. The average molecular weight is 341 g/mol. The zero-order valence-corrected chi connectivity index (χ0v) is 13.0. The molecule has 106 valence electrons. The maximum absolute atomic E-state index is 11.7. The minimum Gasteiger partial charge on any atom is -0.379 e. The Balaban J connectivity index is 1.76. The second-order valence-corrected chi connectivity index (χ2v) is 8.25. The molecule has 0 bridgehead atoms. The summed E-state index contributed by atoms with van der Waals surface area (Å²) in [5.74, 6) is 0.630. The number of hydrogen-bond acceptors (Lipinski definition) is 4. The van der Waals surface area contributed by atoms with Crippen molar-refractivity contribution >= 4 is 26.0 Å². The molecule has 0 N–H and O–H groups in total. The van der Waals surface area contributed by atoms with Gasteiger partial charge in [0.15, 0.2) is 0 Å². The summed E-state index contributed by atoms with van der Waals surface area (Å²) in [5.41, 5.74) is 0. The van der Waals surface area contributed by atoms with Crippen molar-refractivity contribution in [1.82, 2.24) is 9.21 Å². The zero-order valence-electron chi connectivity index (χ0n) is 10.6. The van der Waals surface area contributed by atoms with Crippen LogP contribution in [0.1, 0.15) is 12.8 Å². The standard InChI is InChI=1S/C11H21BrN2O3S/c12-10-18(15,16)14-3-1-11(2-4-14)9-13-5-7-17-8-6-13/h11H,1-10H2. The third-order valence-electron chi connectivity index (χ3n) is 3.72. The van der Waals surface area contributed by atoms with Crippen molar-refractivity contribution < 1.29 is 13.2 Å². The molecule has 18 heavy (non-hydrogen) atoms. The van der Waals surface area contributed by atoms with Gasteiger partial charge >= 0.3 is 0 Å². The lowest BCUT2D eigenvalue weighted by Crippen LogP contribution is -2.44. The number of sulfonamides is 1. The van der Waals surface area contributed by atoms with Crippen LogP contribution in [-0.4, -0.2) is 68.2 Å². The number of nitrogens with zero attached hydrogens (tertiary/aromatic N) is 2. The topological polar surface area (TPSA) is 49.9 Å². The average Bonchev–Trinajstić information content (AvgIpc) is 2.40. The van der Waals surface area contributed by atoms with Gasteiger partial charge in [-0.25, -0.2) is 12.7 Å². The molecule has 7 heteroatoms. The molecule has 0 atom stereocenters. The highest BCUT2D eigenvalue weighted by molar-refractivity contribution is 9.10. The third-order valence-corrected chi connectivity index (χ3v) is 6.89. The monoisotopic (exact) mass is 340 g/mol. The Morgan fingerprint density at radius 2 is 1.72 bits per heavy atom. The normalized spacial score (nSPS) is 25.4. The molecule has 0 unspecified atom stereocenters. The first-order valence-electron chi connectivity index (χ1n) is 6.46. The molecular weight excluding hydrogens is 320 g/mol. The fraction of sp³-hybridized carbons (Fsp3) is 1.00. The van der Waals surface area contributed by atoms with Gasteiger partial charge in [-0.2, -0.15) is 0 Å². The second-order valence-electron chi connectivity index (χ2n) is 4.98. The Morgan fingerprint density at radius 3 is 2.28 bits per heavy atom. The van der Waals surface area contributed by atoms with Gasteiger partial charge in [0.25, 0.3) is 0 Å². The lowest BCUT2D eigenvalue weighted by Gasteiger charge is -2.35. The number of hydrogen-bond donors (Lipinski definition) is 0. The molecule has 2 rings (SSSR count). The number of alkyl halides is 1. The molecule has 2 aliphatic heterocycles. The van der Waals surface area contributed by atoms with Crippen LogP contribution in [0.4, 0.5) is 0 Å². The first kappa shape index (κ1) is 14.7. The maximum atomic E-state index is 11.7. The van der Waals surface area contributed by atoms with E-state index in [1.165, 1.54) is 0 Å². The summed E-state index contributed by atoms with van der Waals surface area (Å²) in [4.78, 5) is 2.43. The Labute approximate surface area is 118 Å². The van der Waals surface area contributed by atoms with Gasteiger partial charge < -0.3 is 4.74 Å². The van der Waals surface area contributed by atoms with Crippen molar-refractivity contribution in [3.8, 4) is 0 Å². The fourth-order valence-electron chi connectivity index (χ4n) is 2.59. The predicted molar refractivity (Wildman–Crippen MR) is 74.3 cm³/mol. The van der Waals surface area contributed by atoms with Gasteiger partial charge in [-0.1, -0.05) is 15.9 Å². The van der Waals surface area contributed by atoms with Gasteiger partial charge in [-0.3, -0.25) is 4.90 Å². The van der Waals surface area contributed by atoms with E-state index >= 15 is 0 Å². The zero-order chi connectivity index (χ0) is 13.0. The molecule has 2 fully saturated rings. The smallest absolute Gasteiger partial charge is 0.224 e. The lowest BCUT2D eigenvalue weighted by molar-refractivity contribution is 0.0269. The Hall–Kier alpha value is 0.310. The molecule has 0 aromatic rings. The van der Waals surface area contributed by atoms with Gasteiger partial charge in [-0.05, 0) is 18.8 Å². The second kappa shape index (κ2) is 6.65. The summed E-state index contributed by atoms with van der Waals surface area (Å²) in [6, 6.07) is 0. The first-order valence-corrected chi connectivity index (χ1v) is 9.19. The van der Waals surface area contributed by atoms with Crippen LogP contribution < -0.4 is 0 Å². The van der Waals surface area contributed by atoms with E-state index in [0.717, 1.165) is 45.7 Å². The highest BCUT2D eigenvalue weighted by Crippen LogP contribution is 2.21. The molecule has 2 saturated heterocycles. The molecular formula is C11H21BrN2O3S. The van der Waals surface area contributed by atoms with E-state index in [0.29, 0.717) is 19.0 Å². The van der Waals surface area contributed by atoms with Crippen LogP contribution >= 0.6 is 15.9 Å². The summed E-state index contributed by atoms with van der Waals surface area (Å²) >= 11 is 3.05. The molecule has 2 heterocycles. The molecule has 0 aromatic heterocycles. The van der Waals surface area contributed by atoms with E-state index in [1.54, 1.807) is 4.31 Å². The van der Waals surface area contributed by atoms with Gasteiger partial charge in [-0.15, -0.1) is 0 Å². The van der Waals surface area contributed by atoms with Crippen LogP contribution in [-0.2, 0) is 14.8 Å². The molecule has 5 nitrogen and oxygen atoms in total. The Morgan fingerprint density at radius 1 is 1.11 bits per heavy atom. The van der Waals surface area contributed by atoms with Crippen LogP contribution in [0.25, 0.3) is 0 Å². The summed E-state index contributed by atoms with van der Waals surface area (Å²) < 4.78 is 30.4. The Kier molecular flexibility index (Phi) is 5.44. The molecule has 0 radical (unpaired) electrons. The van der Waals surface area contributed by atoms with Gasteiger partial charge in [0.2, 0.25) is 10.0 Å². The van der Waals surface area contributed by atoms with Crippen molar-refractivity contribution in [2.75, 3.05) is 50.6 Å². The SMILES string of the molecule is O=S(=O)(CBr)N1CCC(CN2CCOCC2)CC1. The van der Waals surface area contributed by atoms with Gasteiger partial charge in [0.1, 0.15) is 4.66 Å². The quantitative estimate of drug-likeness (QED) is 0.707. The number of piperidine rings is 1. The first-order chi connectivity index (χ1) is 8.62. The molecule has 0 amide bonds. The highest BCUT2D eigenvalue weighted by atomic mass is 79.9.